The minimum Gasteiger partial charge on any atom is -0.493 e. The fourth-order valence-corrected chi connectivity index (χ4v) is 3.20. The van der Waals surface area contributed by atoms with Crippen LogP contribution in [0.1, 0.15) is 24.0 Å². The Morgan fingerprint density at radius 2 is 2.08 bits per heavy atom. The SMILES string of the molecule is COc1cc(Cl)cc(CNC[C@H]2CCCO2)c1OCc1ccccc1. The summed E-state index contributed by atoms with van der Waals surface area (Å²) in [4.78, 5) is 0. The van der Waals surface area contributed by atoms with E-state index in [9.17, 15) is 0 Å². The van der Waals surface area contributed by atoms with Crippen LogP contribution in [0.25, 0.3) is 0 Å². The van der Waals surface area contributed by atoms with Gasteiger partial charge in [0.2, 0.25) is 0 Å². The Kier molecular flexibility index (Phi) is 6.56. The number of hydrogen-bond acceptors (Lipinski definition) is 4. The quantitative estimate of drug-likeness (QED) is 0.765. The highest BCUT2D eigenvalue weighted by Gasteiger charge is 2.17. The predicted molar refractivity (Wildman–Crippen MR) is 99.5 cm³/mol. The van der Waals surface area contributed by atoms with Crippen molar-refractivity contribution < 1.29 is 14.2 Å². The molecule has 1 N–H and O–H groups in total. The molecule has 25 heavy (non-hydrogen) atoms. The molecule has 0 saturated carbocycles. The molecule has 2 aromatic carbocycles. The molecule has 2 aromatic rings. The van der Waals surface area contributed by atoms with Crippen LogP contribution in [0.3, 0.4) is 0 Å². The maximum atomic E-state index is 6.24. The topological polar surface area (TPSA) is 39.7 Å². The van der Waals surface area contributed by atoms with Crippen molar-refractivity contribution in [3.63, 3.8) is 0 Å². The predicted octanol–water partition coefficient (Wildman–Crippen LogP) is 4.20. The molecule has 0 aromatic heterocycles. The summed E-state index contributed by atoms with van der Waals surface area (Å²) in [6.45, 7) is 2.83. The highest BCUT2D eigenvalue weighted by Crippen LogP contribution is 2.35. The first-order valence-electron chi connectivity index (χ1n) is 8.61. The zero-order chi connectivity index (χ0) is 17.5. The van der Waals surface area contributed by atoms with Crippen molar-refractivity contribution in [1.82, 2.24) is 5.32 Å². The Bertz CT molecular complexity index is 672. The Labute approximate surface area is 154 Å². The van der Waals surface area contributed by atoms with Gasteiger partial charge in [-0.15, -0.1) is 0 Å². The van der Waals surface area contributed by atoms with E-state index in [2.05, 4.69) is 5.32 Å². The van der Waals surface area contributed by atoms with Crippen molar-refractivity contribution >= 4 is 11.6 Å². The van der Waals surface area contributed by atoms with E-state index < -0.39 is 0 Å². The second-order valence-electron chi connectivity index (χ2n) is 6.14. The van der Waals surface area contributed by atoms with Crippen LogP contribution in [0.15, 0.2) is 42.5 Å². The van der Waals surface area contributed by atoms with Gasteiger partial charge in [0.15, 0.2) is 11.5 Å². The lowest BCUT2D eigenvalue weighted by Gasteiger charge is -2.17. The van der Waals surface area contributed by atoms with Gasteiger partial charge in [0.05, 0.1) is 13.2 Å². The molecule has 0 amide bonds. The molecule has 1 fully saturated rings. The average Bonchev–Trinajstić information content (AvgIpc) is 3.14. The Balaban J connectivity index is 1.69. The van der Waals surface area contributed by atoms with E-state index in [1.807, 2.05) is 36.4 Å². The summed E-state index contributed by atoms with van der Waals surface area (Å²) in [7, 11) is 1.63. The molecule has 1 aliphatic rings. The molecule has 3 rings (SSSR count). The van der Waals surface area contributed by atoms with Gasteiger partial charge >= 0.3 is 0 Å². The first kappa shape index (κ1) is 18.1. The zero-order valence-electron chi connectivity index (χ0n) is 14.5. The fourth-order valence-electron chi connectivity index (χ4n) is 2.97. The first-order chi connectivity index (χ1) is 12.3. The van der Waals surface area contributed by atoms with Crippen LogP contribution in [0.4, 0.5) is 0 Å². The van der Waals surface area contributed by atoms with E-state index in [1.165, 1.54) is 0 Å². The third kappa shape index (κ3) is 5.11. The van der Waals surface area contributed by atoms with Crippen molar-refractivity contribution in [2.24, 2.45) is 0 Å². The summed E-state index contributed by atoms with van der Waals surface area (Å²) < 4.78 is 17.2. The Morgan fingerprint density at radius 1 is 1.24 bits per heavy atom. The molecular formula is C20H24ClNO3. The fraction of sp³-hybridized carbons (Fsp3) is 0.400. The van der Waals surface area contributed by atoms with Gasteiger partial charge in [0.25, 0.3) is 0 Å². The van der Waals surface area contributed by atoms with Crippen LogP contribution in [0, 0.1) is 0 Å². The maximum absolute atomic E-state index is 6.24. The van der Waals surface area contributed by atoms with Gasteiger partial charge in [-0.05, 0) is 24.5 Å². The second-order valence-corrected chi connectivity index (χ2v) is 6.57. The summed E-state index contributed by atoms with van der Waals surface area (Å²) in [6, 6.07) is 13.8. The standard InChI is InChI=1S/C20H24ClNO3/c1-23-19-11-17(21)10-16(12-22-13-18-8-5-9-24-18)20(19)25-14-15-6-3-2-4-7-15/h2-4,6-7,10-11,18,22H,5,8-9,12-14H2,1H3/t18-/m1/s1. The molecule has 1 aliphatic heterocycles. The lowest BCUT2D eigenvalue weighted by atomic mass is 10.1. The number of ether oxygens (including phenoxy) is 3. The first-order valence-corrected chi connectivity index (χ1v) is 8.99. The molecule has 0 bridgehead atoms. The molecule has 134 valence electrons. The maximum Gasteiger partial charge on any atom is 0.166 e. The minimum absolute atomic E-state index is 0.301. The summed E-state index contributed by atoms with van der Waals surface area (Å²) in [5.41, 5.74) is 2.09. The van der Waals surface area contributed by atoms with Crippen molar-refractivity contribution in [3.8, 4) is 11.5 Å². The van der Waals surface area contributed by atoms with E-state index in [0.29, 0.717) is 30.0 Å². The summed E-state index contributed by atoms with van der Waals surface area (Å²) in [6.07, 6.45) is 2.56. The Hall–Kier alpha value is -1.75. The molecule has 1 saturated heterocycles. The number of halogens is 1. The Morgan fingerprint density at radius 3 is 2.80 bits per heavy atom. The molecule has 0 unspecified atom stereocenters. The second kappa shape index (κ2) is 9.09. The molecule has 1 atom stereocenters. The minimum atomic E-state index is 0.301. The number of rotatable bonds is 8. The summed E-state index contributed by atoms with van der Waals surface area (Å²) >= 11 is 6.24. The molecule has 0 radical (unpaired) electrons. The third-order valence-corrected chi connectivity index (χ3v) is 4.47. The van der Waals surface area contributed by atoms with E-state index in [1.54, 1.807) is 13.2 Å². The van der Waals surface area contributed by atoms with Crippen molar-refractivity contribution in [1.29, 1.82) is 0 Å². The van der Waals surface area contributed by atoms with Crippen molar-refractivity contribution in [2.75, 3.05) is 20.3 Å². The largest absolute Gasteiger partial charge is 0.493 e. The van der Waals surface area contributed by atoms with Gasteiger partial charge < -0.3 is 19.5 Å². The lowest BCUT2D eigenvalue weighted by Crippen LogP contribution is -2.26. The highest BCUT2D eigenvalue weighted by molar-refractivity contribution is 6.30. The van der Waals surface area contributed by atoms with Gasteiger partial charge in [-0.1, -0.05) is 41.9 Å². The summed E-state index contributed by atoms with van der Waals surface area (Å²) in [5.74, 6) is 1.38. The normalized spacial score (nSPS) is 16.8. The van der Waals surface area contributed by atoms with Gasteiger partial charge in [0, 0.05) is 36.3 Å². The molecule has 0 spiro atoms. The molecule has 4 nitrogen and oxygen atoms in total. The van der Waals surface area contributed by atoms with Gasteiger partial charge in [-0.2, -0.15) is 0 Å². The number of methoxy groups -OCH3 is 1. The smallest absolute Gasteiger partial charge is 0.166 e. The van der Waals surface area contributed by atoms with Gasteiger partial charge in [-0.3, -0.25) is 0 Å². The van der Waals surface area contributed by atoms with Gasteiger partial charge in [-0.25, -0.2) is 0 Å². The third-order valence-electron chi connectivity index (χ3n) is 4.25. The van der Waals surface area contributed by atoms with Crippen molar-refractivity contribution in [3.05, 3.63) is 58.6 Å². The van der Waals surface area contributed by atoms with Crippen LogP contribution in [0.2, 0.25) is 5.02 Å². The molecule has 5 heteroatoms. The van der Waals surface area contributed by atoms with Crippen LogP contribution in [-0.4, -0.2) is 26.4 Å². The summed E-state index contributed by atoms with van der Waals surface area (Å²) in [5, 5.41) is 4.08. The number of nitrogens with one attached hydrogen (secondary N) is 1. The highest BCUT2D eigenvalue weighted by atomic mass is 35.5. The molecular weight excluding hydrogens is 338 g/mol. The number of benzene rings is 2. The molecule has 0 aliphatic carbocycles. The zero-order valence-corrected chi connectivity index (χ0v) is 15.2. The average molecular weight is 362 g/mol. The number of hydrogen-bond donors (Lipinski definition) is 1. The van der Waals surface area contributed by atoms with Crippen LogP contribution >= 0.6 is 11.6 Å². The van der Waals surface area contributed by atoms with Crippen molar-refractivity contribution in [2.45, 2.75) is 32.1 Å². The monoisotopic (exact) mass is 361 g/mol. The van der Waals surface area contributed by atoms with E-state index in [4.69, 9.17) is 25.8 Å². The van der Waals surface area contributed by atoms with E-state index >= 15 is 0 Å². The molecule has 1 heterocycles. The van der Waals surface area contributed by atoms with E-state index in [-0.39, 0.29) is 0 Å². The van der Waals surface area contributed by atoms with Crippen LogP contribution in [0.5, 0.6) is 11.5 Å². The van der Waals surface area contributed by atoms with Crippen LogP contribution in [-0.2, 0) is 17.9 Å². The van der Waals surface area contributed by atoms with Crippen LogP contribution < -0.4 is 14.8 Å². The van der Waals surface area contributed by atoms with E-state index in [0.717, 1.165) is 42.9 Å². The lowest BCUT2D eigenvalue weighted by molar-refractivity contribution is 0.110. The van der Waals surface area contributed by atoms with Gasteiger partial charge in [0.1, 0.15) is 6.61 Å².